The van der Waals surface area contributed by atoms with Crippen molar-refractivity contribution in [3.05, 3.63) is 18.2 Å². The average molecular weight is 181 g/mol. The first kappa shape index (κ1) is 9.77. The fourth-order valence-corrected chi connectivity index (χ4v) is 0.975. The molecule has 72 valence electrons. The summed E-state index contributed by atoms with van der Waals surface area (Å²) < 4.78 is 1.71. The van der Waals surface area contributed by atoms with E-state index in [1.54, 1.807) is 24.0 Å². The number of nitrogens with zero attached hydrogens (tertiary/aromatic N) is 2. The summed E-state index contributed by atoms with van der Waals surface area (Å²) in [6.45, 7) is 4.00. The van der Waals surface area contributed by atoms with E-state index in [-0.39, 0.29) is 11.9 Å². The molecule has 1 unspecified atom stereocenters. The van der Waals surface area contributed by atoms with Crippen molar-refractivity contribution in [3.8, 4) is 0 Å². The minimum Gasteiger partial charge on any atom is -0.347 e. The second-order valence-electron chi connectivity index (χ2n) is 3.14. The normalized spacial score (nSPS) is 12.5. The molecule has 13 heavy (non-hydrogen) atoms. The summed E-state index contributed by atoms with van der Waals surface area (Å²) >= 11 is 0. The summed E-state index contributed by atoms with van der Waals surface area (Å²) in [7, 11) is 1.80. The summed E-state index contributed by atoms with van der Waals surface area (Å²) in [6.07, 6.45) is 4.30. The van der Waals surface area contributed by atoms with Gasteiger partial charge in [0.05, 0.1) is 0 Å². The molecule has 1 rings (SSSR count). The number of carbonyl (C=O) groups is 1. The molecule has 4 nitrogen and oxygen atoms in total. The number of carbonyl (C=O) groups excluding carboxylic acids is 1. The van der Waals surface area contributed by atoms with Crippen molar-refractivity contribution in [1.29, 1.82) is 0 Å². The molecule has 0 saturated carbocycles. The Bertz CT molecular complexity index is 293. The zero-order chi connectivity index (χ0) is 9.84. The molecule has 1 aromatic heterocycles. The topological polar surface area (TPSA) is 46.9 Å². The van der Waals surface area contributed by atoms with Gasteiger partial charge in [-0.15, -0.1) is 0 Å². The van der Waals surface area contributed by atoms with Crippen molar-refractivity contribution in [3.63, 3.8) is 0 Å². The monoisotopic (exact) mass is 181 g/mol. The largest absolute Gasteiger partial charge is 0.347 e. The van der Waals surface area contributed by atoms with Crippen LogP contribution in [-0.2, 0) is 7.05 Å². The molecule has 4 heteroatoms. The first-order chi connectivity index (χ1) is 6.15. The highest BCUT2D eigenvalue weighted by Gasteiger charge is 2.11. The Kier molecular flexibility index (Phi) is 3.06. The molecule has 0 saturated heterocycles. The standard InChI is InChI=1S/C9H15N3O/c1-4-7(2)11-9(13)8-10-5-6-12(8)3/h5-7H,4H2,1-3H3,(H,11,13). The second-order valence-corrected chi connectivity index (χ2v) is 3.14. The number of amides is 1. The van der Waals surface area contributed by atoms with Crippen LogP contribution in [0.4, 0.5) is 0 Å². The van der Waals surface area contributed by atoms with Crippen LogP contribution >= 0.6 is 0 Å². The van der Waals surface area contributed by atoms with Crippen LogP contribution in [0.1, 0.15) is 30.9 Å². The van der Waals surface area contributed by atoms with E-state index in [1.807, 2.05) is 13.8 Å². The number of rotatable bonds is 3. The van der Waals surface area contributed by atoms with Crippen molar-refractivity contribution >= 4 is 5.91 Å². The maximum Gasteiger partial charge on any atom is 0.287 e. The van der Waals surface area contributed by atoms with E-state index >= 15 is 0 Å². The number of aromatic nitrogens is 2. The van der Waals surface area contributed by atoms with E-state index in [9.17, 15) is 4.79 Å². The Morgan fingerprint density at radius 3 is 2.92 bits per heavy atom. The average Bonchev–Trinajstić information content (AvgIpc) is 2.51. The molecule has 0 spiro atoms. The molecule has 1 atom stereocenters. The Hall–Kier alpha value is -1.32. The van der Waals surface area contributed by atoms with E-state index in [2.05, 4.69) is 10.3 Å². The van der Waals surface area contributed by atoms with Crippen LogP contribution < -0.4 is 5.32 Å². The number of nitrogens with one attached hydrogen (secondary N) is 1. The van der Waals surface area contributed by atoms with Gasteiger partial charge in [-0.25, -0.2) is 4.98 Å². The highest BCUT2D eigenvalue weighted by atomic mass is 16.2. The minimum atomic E-state index is -0.109. The first-order valence-electron chi connectivity index (χ1n) is 4.43. The second kappa shape index (κ2) is 4.07. The first-order valence-corrected chi connectivity index (χ1v) is 4.43. The summed E-state index contributed by atoms with van der Waals surface area (Å²) in [5, 5.41) is 2.85. The quantitative estimate of drug-likeness (QED) is 0.754. The fourth-order valence-electron chi connectivity index (χ4n) is 0.975. The van der Waals surface area contributed by atoms with Gasteiger partial charge in [0.2, 0.25) is 0 Å². The molecule has 1 N–H and O–H groups in total. The highest BCUT2D eigenvalue weighted by molar-refractivity contribution is 5.90. The van der Waals surface area contributed by atoms with Gasteiger partial charge in [0, 0.05) is 25.5 Å². The maximum absolute atomic E-state index is 11.5. The molecule has 1 heterocycles. The summed E-state index contributed by atoms with van der Waals surface area (Å²) in [4.78, 5) is 15.5. The zero-order valence-electron chi connectivity index (χ0n) is 8.24. The summed E-state index contributed by atoms with van der Waals surface area (Å²) in [5.41, 5.74) is 0. The van der Waals surface area contributed by atoms with Crippen LogP contribution in [0.25, 0.3) is 0 Å². The Morgan fingerprint density at radius 2 is 2.46 bits per heavy atom. The van der Waals surface area contributed by atoms with Gasteiger partial charge in [-0.1, -0.05) is 6.92 Å². The van der Waals surface area contributed by atoms with Crippen molar-refractivity contribution in [2.75, 3.05) is 0 Å². The lowest BCUT2D eigenvalue weighted by molar-refractivity contribution is 0.0925. The molecular formula is C9H15N3O. The number of aryl methyl sites for hydroxylation is 1. The lowest BCUT2D eigenvalue weighted by atomic mass is 10.2. The Balaban J connectivity index is 2.64. The van der Waals surface area contributed by atoms with Crippen molar-refractivity contribution < 1.29 is 4.79 Å². The molecule has 0 fully saturated rings. The summed E-state index contributed by atoms with van der Waals surface area (Å²) in [5.74, 6) is 0.349. The lowest BCUT2D eigenvalue weighted by Gasteiger charge is -2.10. The van der Waals surface area contributed by atoms with Gasteiger partial charge in [0.1, 0.15) is 0 Å². The number of hydrogen-bond donors (Lipinski definition) is 1. The third-order valence-corrected chi connectivity index (χ3v) is 2.01. The minimum absolute atomic E-state index is 0.109. The lowest BCUT2D eigenvalue weighted by Crippen LogP contribution is -2.33. The molecule has 0 aliphatic heterocycles. The van der Waals surface area contributed by atoms with Gasteiger partial charge in [-0.3, -0.25) is 4.79 Å². The van der Waals surface area contributed by atoms with E-state index in [1.165, 1.54) is 0 Å². The van der Waals surface area contributed by atoms with Crippen LogP contribution in [0.5, 0.6) is 0 Å². The number of imidazole rings is 1. The third-order valence-electron chi connectivity index (χ3n) is 2.01. The maximum atomic E-state index is 11.5. The smallest absolute Gasteiger partial charge is 0.287 e. The van der Waals surface area contributed by atoms with Crippen molar-refractivity contribution in [1.82, 2.24) is 14.9 Å². The van der Waals surface area contributed by atoms with Crippen LogP contribution in [0.3, 0.4) is 0 Å². The van der Waals surface area contributed by atoms with Crippen LogP contribution in [0, 0.1) is 0 Å². The predicted octanol–water partition coefficient (Wildman–Crippen LogP) is 0.948. The molecule has 0 radical (unpaired) electrons. The SMILES string of the molecule is CCC(C)NC(=O)c1nccn1C. The number of hydrogen-bond acceptors (Lipinski definition) is 2. The molecular weight excluding hydrogens is 166 g/mol. The molecule has 0 bridgehead atoms. The Labute approximate surface area is 78.0 Å². The van der Waals surface area contributed by atoms with E-state index < -0.39 is 0 Å². The molecule has 0 aliphatic rings. The van der Waals surface area contributed by atoms with Crippen LogP contribution in [0.15, 0.2) is 12.4 Å². The van der Waals surface area contributed by atoms with Gasteiger partial charge >= 0.3 is 0 Å². The van der Waals surface area contributed by atoms with E-state index in [0.717, 1.165) is 6.42 Å². The molecule has 1 aromatic rings. The van der Waals surface area contributed by atoms with Crippen molar-refractivity contribution in [2.45, 2.75) is 26.3 Å². The zero-order valence-corrected chi connectivity index (χ0v) is 8.24. The van der Waals surface area contributed by atoms with Crippen molar-refractivity contribution in [2.24, 2.45) is 7.05 Å². The highest BCUT2D eigenvalue weighted by Crippen LogP contribution is 1.96. The van der Waals surface area contributed by atoms with Crippen LogP contribution in [-0.4, -0.2) is 21.5 Å². The van der Waals surface area contributed by atoms with Gasteiger partial charge in [-0.2, -0.15) is 0 Å². The molecule has 0 aromatic carbocycles. The van der Waals surface area contributed by atoms with E-state index in [0.29, 0.717) is 5.82 Å². The van der Waals surface area contributed by atoms with Gasteiger partial charge in [0.15, 0.2) is 5.82 Å². The molecule has 0 aliphatic carbocycles. The van der Waals surface area contributed by atoms with E-state index in [4.69, 9.17) is 0 Å². The van der Waals surface area contributed by atoms with Gasteiger partial charge in [-0.05, 0) is 13.3 Å². The Morgan fingerprint density at radius 1 is 1.77 bits per heavy atom. The predicted molar refractivity (Wildman–Crippen MR) is 50.4 cm³/mol. The van der Waals surface area contributed by atoms with Crippen LogP contribution in [0.2, 0.25) is 0 Å². The van der Waals surface area contributed by atoms with Gasteiger partial charge in [0.25, 0.3) is 5.91 Å². The fraction of sp³-hybridized carbons (Fsp3) is 0.556. The molecule has 1 amide bonds. The summed E-state index contributed by atoms with van der Waals surface area (Å²) in [6, 6.07) is 0.198. The third kappa shape index (κ3) is 2.31. The van der Waals surface area contributed by atoms with Gasteiger partial charge < -0.3 is 9.88 Å².